The van der Waals surface area contributed by atoms with E-state index in [0.717, 1.165) is 5.56 Å². The number of aryl methyl sites for hydroxylation is 1. The smallest absolute Gasteiger partial charge is 0.322 e. The molecule has 8 heteroatoms. The SMILES string of the molecule is Cc1ccc(C(=O)Nc2cccc(-c3noc(=O)[nH]3)c2)cc1NC(=O)c1ccccc1. The molecule has 31 heavy (non-hydrogen) atoms. The van der Waals surface area contributed by atoms with Crippen molar-refractivity contribution in [3.05, 3.63) is 100 Å². The first-order chi connectivity index (χ1) is 15.0. The minimum atomic E-state index is -0.658. The summed E-state index contributed by atoms with van der Waals surface area (Å²) >= 11 is 0. The molecule has 1 aromatic heterocycles. The molecule has 0 aliphatic rings. The number of rotatable bonds is 5. The van der Waals surface area contributed by atoms with Gasteiger partial charge in [-0.1, -0.05) is 41.6 Å². The van der Waals surface area contributed by atoms with E-state index in [1.807, 2.05) is 13.0 Å². The lowest BCUT2D eigenvalue weighted by molar-refractivity contribution is 0.101. The predicted octanol–water partition coefficient (Wildman–Crippen LogP) is 3.84. The van der Waals surface area contributed by atoms with Crippen LogP contribution in [0.3, 0.4) is 0 Å². The highest BCUT2D eigenvalue weighted by molar-refractivity contribution is 6.07. The Kier molecular flexibility index (Phi) is 5.44. The molecular weight excluding hydrogens is 396 g/mol. The Bertz CT molecular complexity index is 1310. The van der Waals surface area contributed by atoms with Crippen molar-refractivity contribution in [3.8, 4) is 11.4 Å². The summed E-state index contributed by atoms with van der Waals surface area (Å²) in [7, 11) is 0. The van der Waals surface area contributed by atoms with E-state index in [9.17, 15) is 14.4 Å². The quantitative estimate of drug-likeness (QED) is 0.459. The molecule has 0 fully saturated rings. The molecule has 0 aliphatic heterocycles. The Labute approximate surface area is 176 Å². The summed E-state index contributed by atoms with van der Waals surface area (Å²) in [6.45, 7) is 1.85. The highest BCUT2D eigenvalue weighted by atomic mass is 16.5. The number of anilines is 2. The summed E-state index contributed by atoms with van der Waals surface area (Å²) in [4.78, 5) is 38.8. The summed E-state index contributed by atoms with van der Waals surface area (Å²) in [5, 5.41) is 9.29. The summed E-state index contributed by atoms with van der Waals surface area (Å²) < 4.78 is 4.51. The third-order valence-electron chi connectivity index (χ3n) is 4.62. The van der Waals surface area contributed by atoms with Gasteiger partial charge in [0.1, 0.15) is 0 Å². The van der Waals surface area contributed by atoms with Crippen LogP contribution < -0.4 is 16.4 Å². The molecule has 0 atom stereocenters. The first kappa shape index (κ1) is 19.8. The Balaban J connectivity index is 1.52. The van der Waals surface area contributed by atoms with Crippen molar-refractivity contribution in [1.29, 1.82) is 0 Å². The molecule has 154 valence electrons. The molecule has 1 heterocycles. The standard InChI is InChI=1S/C23H18N4O4/c1-14-10-11-17(13-19(14)25-21(28)15-6-3-2-4-7-15)22(29)24-18-9-5-8-16(12-18)20-26-23(30)31-27-20/h2-13H,1H3,(H,24,29)(H,25,28)(H,26,27,30). The van der Waals surface area contributed by atoms with Crippen molar-refractivity contribution < 1.29 is 14.1 Å². The second kappa shape index (κ2) is 8.50. The number of nitrogens with zero attached hydrogens (tertiary/aromatic N) is 1. The van der Waals surface area contributed by atoms with Crippen molar-refractivity contribution >= 4 is 23.2 Å². The number of aromatic nitrogens is 2. The van der Waals surface area contributed by atoms with E-state index in [4.69, 9.17) is 0 Å². The Morgan fingerprint density at radius 2 is 1.65 bits per heavy atom. The Morgan fingerprint density at radius 1 is 0.871 bits per heavy atom. The molecule has 3 aromatic carbocycles. The lowest BCUT2D eigenvalue weighted by Gasteiger charge is -2.11. The van der Waals surface area contributed by atoms with Crippen molar-refractivity contribution in [2.75, 3.05) is 10.6 Å². The third kappa shape index (κ3) is 4.59. The van der Waals surface area contributed by atoms with E-state index in [0.29, 0.717) is 28.1 Å². The van der Waals surface area contributed by atoms with E-state index in [1.165, 1.54) is 0 Å². The van der Waals surface area contributed by atoms with Gasteiger partial charge in [0.2, 0.25) is 0 Å². The van der Waals surface area contributed by atoms with Gasteiger partial charge in [-0.3, -0.25) is 19.1 Å². The number of hydrogen-bond acceptors (Lipinski definition) is 5. The zero-order chi connectivity index (χ0) is 21.8. The summed E-state index contributed by atoms with van der Waals surface area (Å²) in [5.41, 5.74) is 3.40. The summed E-state index contributed by atoms with van der Waals surface area (Å²) in [6, 6.07) is 20.8. The van der Waals surface area contributed by atoms with Crippen LogP contribution in [-0.4, -0.2) is 22.0 Å². The molecule has 0 bridgehead atoms. The summed E-state index contributed by atoms with van der Waals surface area (Å²) in [5.74, 6) is -0.993. The van der Waals surface area contributed by atoms with Crippen molar-refractivity contribution in [2.45, 2.75) is 6.92 Å². The molecule has 4 aromatic rings. The fourth-order valence-electron chi connectivity index (χ4n) is 2.98. The van der Waals surface area contributed by atoms with Crippen LogP contribution in [0.2, 0.25) is 0 Å². The minimum absolute atomic E-state index is 0.254. The molecule has 8 nitrogen and oxygen atoms in total. The van der Waals surface area contributed by atoms with Gasteiger partial charge in [-0.05, 0) is 48.9 Å². The van der Waals surface area contributed by atoms with Gasteiger partial charge < -0.3 is 10.6 Å². The van der Waals surface area contributed by atoms with E-state index in [1.54, 1.807) is 66.7 Å². The van der Waals surface area contributed by atoms with Crippen LogP contribution in [0.5, 0.6) is 0 Å². The minimum Gasteiger partial charge on any atom is -0.322 e. The molecule has 0 unspecified atom stereocenters. The fraction of sp³-hybridized carbons (Fsp3) is 0.0435. The average Bonchev–Trinajstić information content (AvgIpc) is 3.22. The van der Waals surface area contributed by atoms with Crippen molar-refractivity contribution in [3.63, 3.8) is 0 Å². The van der Waals surface area contributed by atoms with Crippen LogP contribution in [0.15, 0.2) is 82.1 Å². The number of hydrogen-bond donors (Lipinski definition) is 3. The maximum Gasteiger partial charge on any atom is 0.439 e. The first-order valence-electron chi connectivity index (χ1n) is 9.44. The number of nitrogens with one attached hydrogen (secondary N) is 3. The van der Waals surface area contributed by atoms with Crippen LogP contribution in [-0.2, 0) is 0 Å². The monoisotopic (exact) mass is 414 g/mol. The van der Waals surface area contributed by atoms with Crippen LogP contribution in [0, 0.1) is 6.92 Å². The first-order valence-corrected chi connectivity index (χ1v) is 9.44. The number of benzene rings is 3. The maximum atomic E-state index is 12.8. The van der Waals surface area contributed by atoms with Crippen molar-refractivity contribution in [1.82, 2.24) is 10.1 Å². The zero-order valence-corrected chi connectivity index (χ0v) is 16.5. The van der Waals surface area contributed by atoms with Gasteiger partial charge >= 0.3 is 5.76 Å². The molecule has 0 saturated carbocycles. The second-order valence-corrected chi connectivity index (χ2v) is 6.83. The van der Waals surface area contributed by atoms with Gasteiger partial charge in [0.15, 0.2) is 5.82 Å². The van der Waals surface area contributed by atoms with Gasteiger partial charge in [-0.15, -0.1) is 0 Å². The normalized spacial score (nSPS) is 10.5. The predicted molar refractivity (Wildman–Crippen MR) is 116 cm³/mol. The van der Waals surface area contributed by atoms with E-state index < -0.39 is 5.76 Å². The Morgan fingerprint density at radius 3 is 2.39 bits per heavy atom. The largest absolute Gasteiger partial charge is 0.439 e. The lowest BCUT2D eigenvalue weighted by Crippen LogP contribution is -2.15. The molecule has 3 N–H and O–H groups in total. The van der Waals surface area contributed by atoms with Crippen LogP contribution in [0.1, 0.15) is 26.3 Å². The second-order valence-electron chi connectivity index (χ2n) is 6.83. The van der Waals surface area contributed by atoms with E-state index in [2.05, 4.69) is 25.3 Å². The zero-order valence-electron chi connectivity index (χ0n) is 16.5. The van der Waals surface area contributed by atoms with Crippen LogP contribution in [0.25, 0.3) is 11.4 Å². The molecular formula is C23H18N4O4. The average molecular weight is 414 g/mol. The van der Waals surface area contributed by atoms with E-state index in [-0.39, 0.29) is 17.6 Å². The third-order valence-corrected chi connectivity index (χ3v) is 4.62. The molecule has 2 amide bonds. The highest BCUT2D eigenvalue weighted by Gasteiger charge is 2.13. The number of amides is 2. The van der Waals surface area contributed by atoms with Gasteiger partial charge in [-0.25, -0.2) is 4.79 Å². The Hall–Kier alpha value is -4.46. The van der Waals surface area contributed by atoms with Crippen molar-refractivity contribution in [2.24, 2.45) is 0 Å². The number of H-pyrrole nitrogens is 1. The van der Waals surface area contributed by atoms with Gasteiger partial charge in [0.25, 0.3) is 11.8 Å². The molecule has 0 aliphatic carbocycles. The molecule has 4 rings (SSSR count). The molecule has 0 radical (unpaired) electrons. The topological polar surface area (TPSA) is 117 Å². The maximum absolute atomic E-state index is 12.8. The van der Waals surface area contributed by atoms with Gasteiger partial charge in [0, 0.05) is 28.1 Å². The van der Waals surface area contributed by atoms with Gasteiger partial charge in [0.05, 0.1) is 0 Å². The van der Waals surface area contributed by atoms with E-state index >= 15 is 0 Å². The lowest BCUT2D eigenvalue weighted by atomic mass is 10.1. The van der Waals surface area contributed by atoms with Gasteiger partial charge in [-0.2, -0.15) is 0 Å². The fourth-order valence-corrected chi connectivity index (χ4v) is 2.98. The molecule has 0 saturated heterocycles. The van der Waals surface area contributed by atoms with Crippen LogP contribution in [0.4, 0.5) is 11.4 Å². The molecule has 0 spiro atoms. The summed E-state index contributed by atoms with van der Waals surface area (Å²) in [6.07, 6.45) is 0. The number of carbonyl (C=O) groups is 2. The van der Waals surface area contributed by atoms with Crippen LogP contribution >= 0.6 is 0 Å². The number of carbonyl (C=O) groups excluding carboxylic acids is 2. The number of aromatic amines is 1. The highest BCUT2D eigenvalue weighted by Crippen LogP contribution is 2.21.